The highest BCUT2D eigenvalue weighted by atomic mass is 79.9. The molecule has 1 aromatic carbocycles. The van der Waals surface area contributed by atoms with Crippen molar-refractivity contribution in [2.24, 2.45) is 5.10 Å². The minimum absolute atomic E-state index is 0.00590. The van der Waals surface area contributed by atoms with Crippen LogP contribution in [0, 0.1) is 0 Å². The van der Waals surface area contributed by atoms with Gasteiger partial charge in [-0.3, -0.25) is 9.59 Å². The summed E-state index contributed by atoms with van der Waals surface area (Å²) in [5.41, 5.74) is 2.50. The summed E-state index contributed by atoms with van der Waals surface area (Å²) in [4.78, 5) is 22.7. The van der Waals surface area contributed by atoms with Crippen LogP contribution in [-0.4, -0.2) is 29.2 Å². The summed E-state index contributed by atoms with van der Waals surface area (Å²) < 4.78 is 1.23. The Balaban J connectivity index is 1.95. The van der Waals surface area contributed by atoms with Crippen molar-refractivity contribution in [2.75, 3.05) is 0 Å². The van der Waals surface area contributed by atoms with E-state index < -0.39 is 11.8 Å². The molecule has 6 nitrogen and oxygen atoms in total. The van der Waals surface area contributed by atoms with Gasteiger partial charge in [0.05, 0.1) is 10.7 Å². The molecule has 106 valence electrons. The lowest BCUT2D eigenvalue weighted by Crippen LogP contribution is -2.38. The molecule has 0 spiro atoms. The molecule has 0 bridgehead atoms. The van der Waals surface area contributed by atoms with Crippen LogP contribution in [-0.2, 0) is 9.59 Å². The zero-order chi connectivity index (χ0) is 14.7. The summed E-state index contributed by atoms with van der Waals surface area (Å²) in [6, 6.07) is 3.41. The molecule has 1 aliphatic carbocycles. The van der Waals surface area contributed by atoms with Crippen LogP contribution in [0.2, 0.25) is 0 Å². The zero-order valence-electron chi connectivity index (χ0n) is 10.2. The second-order valence-corrected chi connectivity index (χ2v) is 6.04. The molecule has 20 heavy (non-hydrogen) atoms. The van der Waals surface area contributed by atoms with Crippen molar-refractivity contribution in [1.29, 1.82) is 0 Å². The maximum Gasteiger partial charge on any atom is 0.329 e. The van der Waals surface area contributed by atoms with E-state index in [9.17, 15) is 14.7 Å². The number of hydrogen-bond acceptors (Lipinski definition) is 4. The van der Waals surface area contributed by atoms with Gasteiger partial charge in [0, 0.05) is 16.1 Å². The Labute approximate surface area is 131 Å². The number of nitrogens with one attached hydrogen (secondary N) is 2. The first-order chi connectivity index (χ1) is 9.47. The number of hydrazone groups is 1. The normalized spacial score (nSPS) is 14.3. The lowest BCUT2D eigenvalue weighted by molar-refractivity contribution is -0.139. The Morgan fingerprint density at radius 2 is 2.00 bits per heavy atom. The minimum Gasteiger partial charge on any atom is -0.506 e. The van der Waals surface area contributed by atoms with E-state index in [1.165, 1.54) is 6.21 Å². The molecule has 0 unspecified atom stereocenters. The molecule has 1 aromatic rings. The summed E-state index contributed by atoms with van der Waals surface area (Å²) in [6.07, 6.45) is 3.07. The fourth-order valence-electron chi connectivity index (χ4n) is 1.37. The van der Waals surface area contributed by atoms with Crippen molar-refractivity contribution in [1.82, 2.24) is 10.7 Å². The van der Waals surface area contributed by atoms with Gasteiger partial charge in [0.15, 0.2) is 0 Å². The summed E-state index contributed by atoms with van der Waals surface area (Å²) in [6.45, 7) is 0. The Morgan fingerprint density at radius 1 is 1.30 bits per heavy atom. The Morgan fingerprint density at radius 3 is 2.65 bits per heavy atom. The molecular formula is C12H11Br2N3O3. The highest BCUT2D eigenvalue weighted by Crippen LogP contribution is 2.30. The molecule has 1 saturated carbocycles. The number of phenolic OH excluding ortho intramolecular Hbond substituents is 1. The molecule has 0 heterocycles. The van der Waals surface area contributed by atoms with Crippen LogP contribution < -0.4 is 10.7 Å². The van der Waals surface area contributed by atoms with Crippen LogP contribution in [0.25, 0.3) is 0 Å². The predicted octanol–water partition coefficient (Wildman–Crippen LogP) is 1.65. The number of carbonyl (C=O) groups excluding carboxylic acids is 2. The van der Waals surface area contributed by atoms with Crippen LogP contribution in [0.1, 0.15) is 18.4 Å². The van der Waals surface area contributed by atoms with Gasteiger partial charge in [-0.05, 0) is 40.9 Å². The van der Waals surface area contributed by atoms with Gasteiger partial charge in [-0.15, -0.1) is 0 Å². The van der Waals surface area contributed by atoms with Gasteiger partial charge in [0.1, 0.15) is 5.75 Å². The van der Waals surface area contributed by atoms with Gasteiger partial charge in [0.2, 0.25) is 0 Å². The first-order valence-corrected chi connectivity index (χ1v) is 7.38. The topological polar surface area (TPSA) is 90.8 Å². The molecule has 0 aliphatic heterocycles. The highest BCUT2D eigenvalue weighted by molar-refractivity contribution is 9.11. The molecule has 2 rings (SSSR count). The van der Waals surface area contributed by atoms with E-state index in [0.29, 0.717) is 10.0 Å². The Bertz CT molecular complexity index is 586. The number of nitrogens with zero attached hydrogens (tertiary/aromatic N) is 1. The fraction of sp³-hybridized carbons (Fsp3) is 0.250. The van der Waals surface area contributed by atoms with Crippen molar-refractivity contribution in [2.45, 2.75) is 18.9 Å². The average Bonchev–Trinajstić information content (AvgIpc) is 3.18. The van der Waals surface area contributed by atoms with E-state index in [2.05, 4.69) is 47.7 Å². The van der Waals surface area contributed by atoms with E-state index >= 15 is 0 Å². The van der Waals surface area contributed by atoms with E-state index in [1.807, 2.05) is 0 Å². The largest absolute Gasteiger partial charge is 0.506 e. The molecule has 8 heteroatoms. The molecule has 2 amide bonds. The summed E-state index contributed by atoms with van der Waals surface area (Å²) in [5.74, 6) is -1.54. The second kappa shape index (κ2) is 6.36. The van der Waals surface area contributed by atoms with Crippen LogP contribution in [0.5, 0.6) is 5.75 Å². The third-order valence-electron chi connectivity index (χ3n) is 2.55. The van der Waals surface area contributed by atoms with Crippen molar-refractivity contribution >= 4 is 49.9 Å². The molecule has 0 aromatic heterocycles. The van der Waals surface area contributed by atoms with Crippen molar-refractivity contribution in [3.63, 3.8) is 0 Å². The maximum absolute atomic E-state index is 11.4. The lowest BCUT2D eigenvalue weighted by atomic mass is 10.2. The van der Waals surface area contributed by atoms with Crippen molar-refractivity contribution < 1.29 is 14.7 Å². The number of phenols is 1. The second-order valence-electron chi connectivity index (χ2n) is 4.27. The van der Waals surface area contributed by atoms with E-state index in [4.69, 9.17) is 0 Å². The van der Waals surface area contributed by atoms with Crippen molar-refractivity contribution in [3.8, 4) is 5.75 Å². The Hall–Kier alpha value is -1.41. The molecule has 0 saturated heterocycles. The molecule has 1 aliphatic rings. The quantitative estimate of drug-likeness (QED) is 0.406. The number of benzene rings is 1. The summed E-state index contributed by atoms with van der Waals surface area (Å²) in [7, 11) is 0. The summed E-state index contributed by atoms with van der Waals surface area (Å²) in [5, 5.41) is 16.0. The van der Waals surface area contributed by atoms with Gasteiger partial charge in [-0.1, -0.05) is 15.9 Å². The number of amides is 2. The van der Waals surface area contributed by atoms with Crippen LogP contribution in [0.4, 0.5) is 0 Å². The highest BCUT2D eigenvalue weighted by Gasteiger charge is 2.26. The number of halogens is 2. The van der Waals surface area contributed by atoms with Crippen LogP contribution in [0.3, 0.4) is 0 Å². The first-order valence-electron chi connectivity index (χ1n) is 5.79. The molecule has 1 fully saturated rings. The third-order valence-corrected chi connectivity index (χ3v) is 3.61. The SMILES string of the molecule is O=C(N/N=C/c1cc(Br)cc(Br)c1O)C(=O)NC1CC1. The van der Waals surface area contributed by atoms with Crippen LogP contribution in [0.15, 0.2) is 26.2 Å². The Kier molecular flexibility index (Phi) is 4.77. The number of hydrogen-bond donors (Lipinski definition) is 3. The number of rotatable bonds is 3. The molecule has 3 N–H and O–H groups in total. The molecule has 0 atom stereocenters. The van der Waals surface area contributed by atoms with Gasteiger partial charge in [-0.25, -0.2) is 5.43 Å². The van der Waals surface area contributed by atoms with Crippen molar-refractivity contribution in [3.05, 3.63) is 26.6 Å². The molecular weight excluding hydrogens is 394 g/mol. The first kappa shape index (κ1) is 15.0. The van der Waals surface area contributed by atoms with Gasteiger partial charge < -0.3 is 10.4 Å². The molecule has 0 radical (unpaired) electrons. The van der Waals surface area contributed by atoms with Crippen LogP contribution >= 0.6 is 31.9 Å². The summed E-state index contributed by atoms with van der Waals surface area (Å²) >= 11 is 6.45. The van der Waals surface area contributed by atoms with Gasteiger partial charge in [-0.2, -0.15) is 5.10 Å². The van der Waals surface area contributed by atoms with E-state index in [1.54, 1.807) is 12.1 Å². The zero-order valence-corrected chi connectivity index (χ0v) is 13.4. The lowest BCUT2D eigenvalue weighted by Gasteiger charge is -2.03. The minimum atomic E-state index is -0.832. The average molecular weight is 405 g/mol. The standard InChI is InChI=1S/C12H11Br2N3O3/c13-7-3-6(10(18)9(14)4-7)5-15-17-12(20)11(19)16-8-1-2-8/h3-5,8,18H,1-2H2,(H,16,19)(H,17,20)/b15-5+. The van der Waals surface area contributed by atoms with E-state index in [-0.39, 0.29) is 11.8 Å². The monoisotopic (exact) mass is 403 g/mol. The number of aromatic hydroxyl groups is 1. The van der Waals surface area contributed by atoms with E-state index in [0.717, 1.165) is 17.3 Å². The smallest absolute Gasteiger partial charge is 0.329 e. The van der Waals surface area contributed by atoms with Gasteiger partial charge in [0.25, 0.3) is 0 Å². The van der Waals surface area contributed by atoms with Gasteiger partial charge >= 0.3 is 11.8 Å². The third kappa shape index (κ3) is 4.04. The maximum atomic E-state index is 11.4. The number of carbonyl (C=O) groups is 2. The fourth-order valence-corrected chi connectivity index (χ4v) is 2.63. The predicted molar refractivity (Wildman–Crippen MR) is 80.4 cm³/mol.